The van der Waals surface area contributed by atoms with E-state index >= 15 is 0 Å². The zero-order valence-electron chi connectivity index (χ0n) is 11.6. The van der Waals surface area contributed by atoms with E-state index < -0.39 is 0 Å². The smallest absolute Gasteiger partial charge is 0.262 e. The lowest BCUT2D eigenvalue weighted by Crippen LogP contribution is -2.20. The van der Waals surface area contributed by atoms with Crippen LogP contribution < -0.4 is 14.8 Å². The topological polar surface area (TPSA) is 47.6 Å². The fraction of sp³-hybridized carbons (Fsp3) is 0.188. The highest BCUT2D eigenvalue weighted by Crippen LogP contribution is 2.23. The molecular weight excluding hydrogens is 334 g/mol. The van der Waals surface area contributed by atoms with Gasteiger partial charge in [-0.15, -0.1) is 0 Å². The predicted octanol–water partition coefficient (Wildman–Crippen LogP) is 3.87. The number of carbonyl (C=O) groups is 1. The average Bonchev–Trinajstić information content (AvgIpc) is 2.48. The summed E-state index contributed by atoms with van der Waals surface area (Å²) >= 11 is 3.35. The number of rotatable bonds is 6. The van der Waals surface area contributed by atoms with Gasteiger partial charge in [-0.3, -0.25) is 4.79 Å². The Morgan fingerprint density at radius 2 is 1.95 bits per heavy atom. The average molecular weight is 350 g/mol. The van der Waals surface area contributed by atoms with E-state index in [9.17, 15) is 4.79 Å². The molecule has 0 aliphatic rings. The quantitative estimate of drug-likeness (QED) is 0.861. The van der Waals surface area contributed by atoms with Gasteiger partial charge in [0.15, 0.2) is 6.61 Å². The van der Waals surface area contributed by atoms with Gasteiger partial charge in [0.2, 0.25) is 0 Å². The zero-order chi connectivity index (χ0) is 15.1. The number of benzene rings is 2. The first kappa shape index (κ1) is 15.4. The molecule has 5 heteroatoms. The number of hydrogen-bond donors (Lipinski definition) is 1. The van der Waals surface area contributed by atoms with E-state index in [0.29, 0.717) is 23.8 Å². The maximum atomic E-state index is 11.9. The van der Waals surface area contributed by atoms with Crippen LogP contribution in [0.25, 0.3) is 0 Å². The van der Waals surface area contributed by atoms with Crippen LogP contribution in [0.5, 0.6) is 11.5 Å². The molecule has 0 radical (unpaired) electrons. The third-order valence-corrected chi connectivity index (χ3v) is 3.12. The lowest BCUT2D eigenvalue weighted by atomic mass is 10.3. The van der Waals surface area contributed by atoms with Gasteiger partial charge in [0.05, 0.1) is 12.3 Å². The minimum absolute atomic E-state index is 0.0586. The summed E-state index contributed by atoms with van der Waals surface area (Å²) in [7, 11) is 0. The number of ether oxygens (including phenoxy) is 2. The van der Waals surface area contributed by atoms with Crippen LogP contribution in [0.2, 0.25) is 0 Å². The highest BCUT2D eigenvalue weighted by atomic mass is 79.9. The van der Waals surface area contributed by atoms with Gasteiger partial charge in [0, 0.05) is 4.47 Å². The molecule has 1 N–H and O–H groups in total. The maximum Gasteiger partial charge on any atom is 0.262 e. The summed E-state index contributed by atoms with van der Waals surface area (Å²) in [5, 5.41) is 2.78. The van der Waals surface area contributed by atoms with E-state index in [-0.39, 0.29) is 12.5 Å². The highest BCUT2D eigenvalue weighted by molar-refractivity contribution is 9.10. The molecule has 0 aromatic heterocycles. The summed E-state index contributed by atoms with van der Waals surface area (Å²) in [5.41, 5.74) is 0.641. The number of amides is 1. The van der Waals surface area contributed by atoms with Crippen molar-refractivity contribution < 1.29 is 14.3 Å². The first-order valence-corrected chi connectivity index (χ1v) is 7.38. The number of anilines is 1. The Bertz CT molecular complexity index is 616. The number of nitrogens with one attached hydrogen (secondary N) is 1. The summed E-state index contributed by atoms with van der Waals surface area (Å²) in [6, 6.07) is 14.7. The fourth-order valence-corrected chi connectivity index (χ4v) is 2.12. The van der Waals surface area contributed by atoms with Crippen LogP contribution in [0, 0.1) is 0 Å². The van der Waals surface area contributed by atoms with Crippen LogP contribution in [0.3, 0.4) is 0 Å². The Kier molecular flexibility index (Phi) is 5.63. The Balaban J connectivity index is 1.93. The van der Waals surface area contributed by atoms with Gasteiger partial charge in [-0.1, -0.05) is 34.1 Å². The van der Waals surface area contributed by atoms with Crippen molar-refractivity contribution in [3.63, 3.8) is 0 Å². The third kappa shape index (κ3) is 4.79. The molecule has 0 heterocycles. The molecule has 0 spiro atoms. The van der Waals surface area contributed by atoms with Gasteiger partial charge < -0.3 is 14.8 Å². The molecule has 2 aromatic rings. The molecule has 0 saturated carbocycles. The van der Waals surface area contributed by atoms with Crippen LogP contribution in [-0.2, 0) is 4.79 Å². The van der Waals surface area contributed by atoms with E-state index in [1.807, 2.05) is 37.3 Å². The number of hydrogen-bond acceptors (Lipinski definition) is 3. The number of para-hydroxylation sites is 2. The molecule has 2 aromatic carbocycles. The molecule has 0 bridgehead atoms. The van der Waals surface area contributed by atoms with Gasteiger partial charge in [-0.05, 0) is 37.3 Å². The van der Waals surface area contributed by atoms with Crippen molar-refractivity contribution in [2.75, 3.05) is 18.5 Å². The van der Waals surface area contributed by atoms with E-state index in [1.165, 1.54) is 0 Å². The SMILES string of the molecule is CCOc1ccccc1NC(=O)COc1cccc(Br)c1. The van der Waals surface area contributed by atoms with Crippen molar-refractivity contribution in [1.82, 2.24) is 0 Å². The molecular formula is C16H16BrNO3. The van der Waals surface area contributed by atoms with Gasteiger partial charge in [-0.25, -0.2) is 0 Å². The van der Waals surface area contributed by atoms with E-state index in [0.717, 1.165) is 4.47 Å². The van der Waals surface area contributed by atoms with Crippen LogP contribution in [0.4, 0.5) is 5.69 Å². The van der Waals surface area contributed by atoms with E-state index in [4.69, 9.17) is 9.47 Å². The molecule has 0 atom stereocenters. The third-order valence-electron chi connectivity index (χ3n) is 2.63. The second-order valence-electron chi connectivity index (χ2n) is 4.22. The van der Waals surface area contributed by atoms with E-state index in [1.54, 1.807) is 18.2 Å². The lowest BCUT2D eigenvalue weighted by Gasteiger charge is -2.11. The van der Waals surface area contributed by atoms with Crippen molar-refractivity contribution in [2.24, 2.45) is 0 Å². The van der Waals surface area contributed by atoms with E-state index in [2.05, 4.69) is 21.2 Å². The van der Waals surface area contributed by atoms with Crippen molar-refractivity contribution in [3.8, 4) is 11.5 Å². The Hall–Kier alpha value is -2.01. The van der Waals surface area contributed by atoms with Gasteiger partial charge in [0.25, 0.3) is 5.91 Å². The van der Waals surface area contributed by atoms with Gasteiger partial charge >= 0.3 is 0 Å². The molecule has 1 amide bonds. The minimum atomic E-state index is -0.234. The standard InChI is InChI=1S/C16H16BrNO3/c1-2-20-15-9-4-3-8-14(15)18-16(19)11-21-13-7-5-6-12(17)10-13/h3-10H,2,11H2,1H3,(H,18,19). The monoisotopic (exact) mass is 349 g/mol. The second kappa shape index (κ2) is 7.69. The highest BCUT2D eigenvalue weighted by Gasteiger charge is 2.08. The number of carbonyl (C=O) groups excluding carboxylic acids is 1. The number of halogens is 1. The van der Waals surface area contributed by atoms with Crippen LogP contribution >= 0.6 is 15.9 Å². The molecule has 0 aliphatic heterocycles. The molecule has 2 rings (SSSR count). The first-order valence-electron chi connectivity index (χ1n) is 6.59. The van der Waals surface area contributed by atoms with Crippen molar-refractivity contribution >= 4 is 27.5 Å². The molecule has 0 fully saturated rings. The molecule has 110 valence electrons. The summed E-state index contributed by atoms with van der Waals surface area (Å²) in [4.78, 5) is 11.9. The summed E-state index contributed by atoms with van der Waals surface area (Å²) in [6.45, 7) is 2.38. The van der Waals surface area contributed by atoms with Crippen molar-refractivity contribution in [3.05, 3.63) is 53.0 Å². The van der Waals surface area contributed by atoms with Crippen molar-refractivity contribution in [2.45, 2.75) is 6.92 Å². The lowest BCUT2D eigenvalue weighted by molar-refractivity contribution is -0.118. The predicted molar refractivity (Wildman–Crippen MR) is 85.9 cm³/mol. The molecule has 0 saturated heterocycles. The molecule has 0 unspecified atom stereocenters. The second-order valence-corrected chi connectivity index (χ2v) is 5.14. The zero-order valence-corrected chi connectivity index (χ0v) is 13.2. The molecule has 4 nitrogen and oxygen atoms in total. The van der Waals surface area contributed by atoms with Crippen molar-refractivity contribution in [1.29, 1.82) is 0 Å². The normalized spacial score (nSPS) is 10.0. The molecule has 0 aliphatic carbocycles. The Morgan fingerprint density at radius 1 is 1.14 bits per heavy atom. The van der Waals surface area contributed by atoms with Gasteiger partial charge in [-0.2, -0.15) is 0 Å². The fourth-order valence-electron chi connectivity index (χ4n) is 1.74. The summed E-state index contributed by atoms with van der Waals surface area (Å²) in [5.74, 6) is 1.05. The Labute approximate surface area is 132 Å². The summed E-state index contributed by atoms with van der Waals surface area (Å²) < 4.78 is 11.8. The van der Waals surface area contributed by atoms with Gasteiger partial charge in [0.1, 0.15) is 11.5 Å². The van der Waals surface area contributed by atoms with Crippen LogP contribution in [0.1, 0.15) is 6.92 Å². The van der Waals surface area contributed by atoms with Crippen LogP contribution in [-0.4, -0.2) is 19.1 Å². The molecule has 21 heavy (non-hydrogen) atoms. The maximum absolute atomic E-state index is 11.9. The minimum Gasteiger partial charge on any atom is -0.492 e. The largest absolute Gasteiger partial charge is 0.492 e. The van der Waals surface area contributed by atoms with Crippen LogP contribution in [0.15, 0.2) is 53.0 Å². The first-order chi connectivity index (χ1) is 10.2. The Morgan fingerprint density at radius 3 is 2.71 bits per heavy atom. The summed E-state index contributed by atoms with van der Waals surface area (Å²) in [6.07, 6.45) is 0.